The highest BCUT2D eigenvalue weighted by Gasteiger charge is 2.14. The van der Waals surface area contributed by atoms with Gasteiger partial charge in [0.2, 0.25) is 0 Å². The zero-order valence-corrected chi connectivity index (χ0v) is 18.2. The van der Waals surface area contributed by atoms with Crippen molar-refractivity contribution in [2.75, 3.05) is 16.3 Å². The summed E-state index contributed by atoms with van der Waals surface area (Å²) >= 11 is 0. The van der Waals surface area contributed by atoms with Crippen molar-refractivity contribution >= 4 is 39.2 Å². The summed E-state index contributed by atoms with van der Waals surface area (Å²) in [5, 5.41) is 2.54. The third kappa shape index (κ3) is 3.83. The highest BCUT2D eigenvalue weighted by Crippen LogP contribution is 2.37. The minimum absolute atomic E-state index is 0.897. The summed E-state index contributed by atoms with van der Waals surface area (Å²) in [7, 11) is 0. The van der Waals surface area contributed by atoms with Crippen LogP contribution >= 0.6 is 0 Å². The molecular weight excluding hydrogens is 388 g/mol. The first-order valence-corrected chi connectivity index (χ1v) is 11.1. The van der Waals surface area contributed by atoms with Gasteiger partial charge in [-0.15, -0.1) is 0 Å². The zero-order valence-electron chi connectivity index (χ0n) is 18.2. The summed E-state index contributed by atoms with van der Waals surface area (Å²) in [5.41, 5.74) is 5.86. The molecule has 5 aromatic carbocycles. The highest BCUT2D eigenvalue weighted by atomic mass is 15.2. The lowest BCUT2D eigenvalue weighted by atomic mass is 10.1. The van der Waals surface area contributed by atoms with Crippen LogP contribution < -0.4 is 9.80 Å². The van der Waals surface area contributed by atoms with Crippen molar-refractivity contribution in [2.24, 2.45) is 0 Å². The summed E-state index contributed by atoms with van der Waals surface area (Å²) in [6, 6.07) is 45.0. The van der Waals surface area contributed by atoms with Gasteiger partial charge >= 0.3 is 0 Å². The highest BCUT2D eigenvalue weighted by molar-refractivity contribution is 5.96. The second-order valence-electron chi connectivity index (χ2n) is 7.77. The molecule has 156 valence electrons. The van der Waals surface area contributed by atoms with E-state index in [0.29, 0.717) is 0 Å². The van der Waals surface area contributed by atoms with E-state index in [-0.39, 0.29) is 0 Å². The lowest BCUT2D eigenvalue weighted by molar-refractivity contribution is 1.03. The zero-order chi connectivity index (χ0) is 21.8. The van der Waals surface area contributed by atoms with Crippen molar-refractivity contribution in [3.05, 3.63) is 127 Å². The SMILES string of the molecule is CCN(c1ccc(N(c2ccccc2)c2ccccc2)cc1)c1cccc2ccccc12. The maximum absolute atomic E-state index is 2.38. The average Bonchev–Trinajstić information content (AvgIpc) is 2.87. The van der Waals surface area contributed by atoms with E-state index in [1.54, 1.807) is 0 Å². The van der Waals surface area contributed by atoms with E-state index in [9.17, 15) is 0 Å². The van der Waals surface area contributed by atoms with E-state index in [1.165, 1.54) is 22.1 Å². The number of fused-ring (bicyclic) bond motifs is 1. The summed E-state index contributed by atoms with van der Waals surface area (Å²) in [5.74, 6) is 0. The molecule has 0 aliphatic heterocycles. The molecule has 0 N–H and O–H groups in total. The van der Waals surface area contributed by atoms with Crippen LogP contribution in [0.4, 0.5) is 28.4 Å². The molecule has 0 radical (unpaired) electrons. The lowest BCUT2D eigenvalue weighted by Crippen LogP contribution is -2.16. The van der Waals surface area contributed by atoms with Crippen molar-refractivity contribution in [2.45, 2.75) is 6.92 Å². The maximum atomic E-state index is 2.38. The number of hydrogen-bond acceptors (Lipinski definition) is 2. The third-order valence-electron chi connectivity index (χ3n) is 5.82. The van der Waals surface area contributed by atoms with E-state index in [2.05, 4.69) is 144 Å². The number of benzene rings is 5. The van der Waals surface area contributed by atoms with Gasteiger partial charge in [-0.2, -0.15) is 0 Å². The van der Waals surface area contributed by atoms with E-state index < -0.39 is 0 Å². The van der Waals surface area contributed by atoms with E-state index >= 15 is 0 Å². The van der Waals surface area contributed by atoms with E-state index in [4.69, 9.17) is 0 Å². The Hall–Kier alpha value is -4.04. The first kappa shape index (κ1) is 19.9. The van der Waals surface area contributed by atoms with Gasteiger partial charge in [-0.05, 0) is 66.9 Å². The molecule has 5 aromatic rings. The van der Waals surface area contributed by atoms with Gasteiger partial charge in [0.25, 0.3) is 0 Å². The Kier molecular flexibility index (Phi) is 5.59. The van der Waals surface area contributed by atoms with Crippen LogP contribution in [0.3, 0.4) is 0 Å². The molecule has 0 aromatic heterocycles. The van der Waals surface area contributed by atoms with Gasteiger partial charge in [-0.1, -0.05) is 72.8 Å². The van der Waals surface area contributed by atoms with Gasteiger partial charge in [0.05, 0.1) is 0 Å². The molecule has 0 atom stereocenters. The van der Waals surface area contributed by atoms with Gasteiger partial charge in [0, 0.05) is 40.4 Å². The fourth-order valence-electron chi connectivity index (χ4n) is 4.32. The molecule has 0 amide bonds. The third-order valence-corrected chi connectivity index (χ3v) is 5.82. The van der Waals surface area contributed by atoms with Crippen molar-refractivity contribution in [1.29, 1.82) is 0 Å². The lowest BCUT2D eigenvalue weighted by Gasteiger charge is -2.28. The molecule has 0 saturated carbocycles. The Bertz CT molecular complexity index is 1250. The first-order valence-electron chi connectivity index (χ1n) is 11.1. The molecule has 0 spiro atoms. The molecule has 0 saturated heterocycles. The van der Waals surface area contributed by atoms with Gasteiger partial charge in [0.15, 0.2) is 0 Å². The fraction of sp³-hybridized carbons (Fsp3) is 0.0667. The Balaban J connectivity index is 1.54. The minimum atomic E-state index is 0.897. The second-order valence-corrected chi connectivity index (χ2v) is 7.77. The van der Waals surface area contributed by atoms with Crippen molar-refractivity contribution < 1.29 is 0 Å². The molecule has 0 heterocycles. The van der Waals surface area contributed by atoms with Crippen molar-refractivity contribution in [3.8, 4) is 0 Å². The van der Waals surface area contributed by atoms with Crippen LogP contribution in [-0.2, 0) is 0 Å². The molecular formula is C30H26N2. The summed E-state index contributed by atoms with van der Waals surface area (Å²) < 4.78 is 0. The van der Waals surface area contributed by atoms with Crippen molar-refractivity contribution in [1.82, 2.24) is 0 Å². The smallest absolute Gasteiger partial charge is 0.0490 e. The maximum Gasteiger partial charge on any atom is 0.0490 e. The Morgan fingerprint density at radius 2 is 0.969 bits per heavy atom. The number of rotatable bonds is 6. The predicted octanol–water partition coefficient (Wildman–Crippen LogP) is 8.47. The summed E-state index contributed by atoms with van der Waals surface area (Å²) in [6.45, 7) is 3.10. The van der Waals surface area contributed by atoms with Crippen LogP contribution in [0.1, 0.15) is 6.92 Å². The van der Waals surface area contributed by atoms with Gasteiger partial charge in [-0.3, -0.25) is 0 Å². The molecule has 2 heteroatoms. The Labute approximate surface area is 190 Å². The predicted molar refractivity (Wildman–Crippen MR) is 138 cm³/mol. The quantitative estimate of drug-likeness (QED) is 0.275. The molecule has 0 unspecified atom stereocenters. The van der Waals surface area contributed by atoms with Crippen LogP contribution in [0.5, 0.6) is 0 Å². The molecule has 0 aliphatic carbocycles. The number of hydrogen-bond donors (Lipinski definition) is 0. The largest absolute Gasteiger partial charge is 0.341 e. The average molecular weight is 415 g/mol. The van der Waals surface area contributed by atoms with Crippen LogP contribution in [0.2, 0.25) is 0 Å². The van der Waals surface area contributed by atoms with Gasteiger partial charge in [0.1, 0.15) is 0 Å². The fourth-order valence-corrected chi connectivity index (χ4v) is 4.32. The summed E-state index contributed by atoms with van der Waals surface area (Å²) in [4.78, 5) is 4.67. The standard InChI is InChI=1S/C30H26N2/c1-2-31(30-19-11-13-24-12-9-10-18-29(24)30)25-20-22-28(23-21-25)32(26-14-5-3-6-15-26)27-16-7-4-8-17-27/h3-23H,2H2,1H3. The summed E-state index contributed by atoms with van der Waals surface area (Å²) in [6.07, 6.45) is 0. The molecule has 5 rings (SSSR count). The van der Waals surface area contributed by atoms with Crippen LogP contribution in [0.25, 0.3) is 10.8 Å². The van der Waals surface area contributed by atoms with Crippen LogP contribution in [-0.4, -0.2) is 6.54 Å². The van der Waals surface area contributed by atoms with Gasteiger partial charge < -0.3 is 9.80 Å². The number of anilines is 5. The van der Waals surface area contributed by atoms with E-state index in [0.717, 1.165) is 23.6 Å². The first-order chi connectivity index (χ1) is 15.8. The number of para-hydroxylation sites is 2. The molecule has 0 bridgehead atoms. The monoisotopic (exact) mass is 414 g/mol. The molecule has 0 aliphatic rings. The molecule has 32 heavy (non-hydrogen) atoms. The molecule has 2 nitrogen and oxygen atoms in total. The van der Waals surface area contributed by atoms with Gasteiger partial charge in [-0.25, -0.2) is 0 Å². The van der Waals surface area contributed by atoms with Crippen LogP contribution in [0, 0.1) is 0 Å². The van der Waals surface area contributed by atoms with E-state index in [1.807, 2.05) is 0 Å². The van der Waals surface area contributed by atoms with Crippen molar-refractivity contribution in [3.63, 3.8) is 0 Å². The Morgan fingerprint density at radius 1 is 0.469 bits per heavy atom. The second kappa shape index (κ2) is 8.99. The normalized spacial score (nSPS) is 10.8. The topological polar surface area (TPSA) is 6.48 Å². The van der Waals surface area contributed by atoms with Crippen LogP contribution in [0.15, 0.2) is 127 Å². The Morgan fingerprint density at radius 3 is 1.59 bits per heavy atom. The molecule has 0 fully saturated rings. The minimum Gasteiger partial charge on any atom is -0.341 e. The number of nitrogens with zero attached hydrogens (tertiary/aromatic N) is 2.